The fraction of sp³-hybridized carbons (Fsp3) is 0.400. The van der Waals surface area contributed by atoms with E-state index in [1.807, 2.05) is 31.2 Å². The third kappa shape index (κ3) is 5.05. The molecule has 2 aromatic heterocycles. The molecule has 0 aliphatic heterocycles. The van der Waals surface area contributed by atoms with Crippen LogP contribution in [-0.2, 0) is 17.4 Å². The predicted octanol–water partition coefficient (Wildman–Crippen LogP) is 3.20. The van der Waals surface area contributed by atoms with Crippen molar-refractivity contribution < 1.29 is 22.7 Å². The number of hydrogen-bond acceptors (Lipinski definition) is 5. The van der Waals surface area contributed by atoms with Gasteiger partial charge in [0.25, 0.3) is 11.6 Å². The van der Waals surface area contributed by atoms with Gasteiger partial charge < -0.3 is 10.1 Å². The molecular weight excluding hydrogens is 399 g/mol. The summed E-state index contributed by atoms with van der Waals surface area (Å²) in [7, 11) is 0. The van der Waals surface area contributed by atoms with Crippen molar-refractivity contribution in [2.24, 2.45) is 0 Å². The molecule has 0 saturated carbocycles. The molecule has 10 heteroatoms. The second kappa shape index (κ2) is 8.68. The second-order valence-corrected chi connectivity index (χ2v) is 6.92. The van der Waals surface area contributed by atoms with Crippen LogP contribution in [0.3, 0.4) is 0 Å². The maximum Gasteiger partial charge on any atom is 0.453 e. The molecule has 0 radical (unpaired) electrons. The molecule has 30 heavy (non-hydrogen) atoms. The number of hydrogen-bond donors (Lipinski definition) is 1. The Morgan fingerprint density at radius 2 is 1.97 bits per heavy atom. The SMILES string of the molecule is Cc1cccc(OCCNC(=O)CCc2c(C)nc3nc(C(F)(F)F)nn3c2C)c1. The van der Waals surface area contributed by atoms with Gasteiger partial charge in [0.2, 0.25) is 5.91 Å². The minimum Gasteiger partial charge on any atom is -0.492 e. The predicted molar refractivity (Wildman–Crippen MR) is 103 cm³/mol. The van der Waals surface area contributed by atoms with E-state index in [4.69, 9.17) is 4.74 Å². The van der Waals surface area contributed by atoms with E-state index in [1.165, 1.54) is 0 Å². The minimum atomic E-state index is -4.64. The average Bonchev–Trinajstić information content (AvgIpc) is 3.10. The number of carbonyl (C=O) groups excluding carboxylic acids is 1. The van der Waals surface area contributed by atoms with E-state index in [9.17, 15) is 18.0 Å². The van der Waals surface area contributed by atoms with Gasteiger partial charge in [0.1, 0.15) is 12.4 Å². The van der Waals surface area contributed by atoms with E-state index in [2.05, 4.69) is 20.4 Å². The molecular formula is C20H22F3N5O2. The molecule has 1 aromatic carbocycles. The number of aromatic nitrogens is 4. The highest BCUT2D eigenvalue weighted by atomic mass is 19.4. The summed E-state index contributed by atoms with van der Waals surface area (Å²) in [5.41, 5.74) is 2.77. The van der Waals surface area contributed by atoms with Crippen LogP contribution >= 0.6 is 0 Å². The zero-order chi connectivity index (χ0) is 21.9. The smallest absolute Gasteiger partial charge is 0.453 e. The van der Waals surface area contributed by atoms with Crippen molar-refractivity contribution in [1.82, 2.24) is 24.9 Å². The van der Waals surface area contributed by atoms with Crippen molar-refractivity contribution >= 4 is 11.7 Å². The van der Waals surface area contributed by atoms with Gasteiger partial charge >= 0.3 is 6.18 Å². The minimum absolute atomic E-state index is 0.112. The van der Waals surface area contributed by atoms with Crippen LogP contribution in [0.2, 0.25) is 0 Å². The Labute approximate surface area is 171 Å². The summed E-state index contributed by atoms with van der Waals surface area (Å²) >= 11 is 0. The number of benzene rings is 1. The summed E-state index contributed by atoms with van der Waals surface area (Å²) in [6.07, 6.45) is -4.15. The van der Waals surface area contributed by atoms with Gasteiger partial charge in [-0.15, -0.1) is 5.10 Å². The molecule has 0 aliphatic rings. The Morgan fingerprint density at radius 3 is 2.67 bits per heavy atom. The van der Waals surface area contributed by atoms with Gasteiger partial charge in [-0.25, -0.2) is 9.50 Å². The standard InChI is InChI=1S/C20H22F3N5O2/c1-12-5-4-6-15(11-12)30-10-9-24-17(29)8-7-16-13(2)25-19-26-18(20(21,22)23)27-28(19)14(16)3/h4-6,11H,7-10H2,1-3H3,(H,24,29). The lowest BCUT2D eigenvalue weighted by Gasteiger charge is -2.11. The van der Waals surface area contributed by atoms with Gasteiger partial charge in [-0.2, -0.15) is 18.2 Å². The Balaban J connectivity index is 1.56. The van der Waals surface area contributed by atoms with Crippen LogP contribution in [0.4, 0.5) is 13.2 Å². The van der Waals surface area contributed by atoms with Crippen molar-refractivity contribution in [1.29, 1.82) is 0 Å². The summed E-state index contributed by atoms with van der Waals surface area (Å²) in [4.78, 5) is 19.7. The monoisotopic (exact) mass is 421 g/mol. The molecule has 0 atom stereocenters. The maximum absolute atomic E-state index is 12.9. The molecule has 0 bridgehead atoms. The lowest BCUT2D eigenvalue weighted by Crippen LogP contribution is -2.28. The molecule has 0 unspecified atom stereocenters. The molecule has 160 valence electrons. The van der Waals surface area contributed by atoms with Crippen LogP contribution in [-0.4, -0.2) is 38.6 Å². The Hall–Kier alpha value is -3.17. The Kier molecular flexibility index (Phi) is 6.23. The number of alkyl halides is 3. The van der Waals surface area contributed by atoms with Crippen molar-refractivity contribution in [2.45, 2.75) is 39.8 Å². The quantitative estimate of drug-likeness (QED) is 0.593. The Bertz CT molecular complexity index is 1060. The zero-order valence-electron chi connectivity index (χ0n) is 16.9. The number of aryl methyl sites for hydroxylation is 3. The first kappa shape index (κ1) is 21.5. The van der Waals surface area contributed by atoms with Gasteiger partial charge in [-0.05, 0) is 50.5 Å². The molecule has 3 rings (SSSR count). The average molecular weight is 421 g/mol. The third-order valence-electron chi connectivity index (χ3n) is 4.59. The van der Waals surface area contributed by atoms with Gasteiger partial charge in [-0.1, -0.05) is 12.1 Å². The first-order valence-corrected chi connectivity index (χ1v) is 9.41. The summed E-state index contributed by atoms with van der Waals surface area (Å²) in [5.74, 6) is -0.794. The van der Waals surface area contributed by atoms with E-state index in [-0.39, 0.29) is 18.1 Å². The fourth-order valence-electron chi connectivity index (χ4n) is 3.08. The third-order valence-corrected chi connectivity index (χ3v) is 4.59. The summed E-state index contributed by atoms with van der Waals surface area (Å²) in [5, 5.41) is 6.28. The van der Waals surface area contributed by atoms with E-state index in [0.717, 1.165) is 15.8 Å². The normalized spacial score (nSPS) is 11.7. The number of amides is 1. The molecule has 0 fully saturated rings. The number of ether oxygens (including phenoxy) is 1. The zero-order valence-corrected chi connectivity index (χ0v) is 16.9. The number of nitrogens with one attached hydrogen (secondary N) is 1. The number of halogens is 3. The van der Waals surface area contributed by atoms with Crippen LogP contribution < -0.4 is 10.1 Å². The lowest BCUT2D eigenvalue weighted by molar-refractivity contribution is -0.144. The van der Waals surface area contributed by atoms with E-state index in [1.54, 1.807) is 13.8 Å². The molecule has 1 amide bonds. The van der Waals surface area contributed by atoms with E-state index >= 15 is 0 Å². The largest absolute Gasteiger partial charge is 0.492 e. The molecule has 0 spiro atoms. The first-order valence-electron chi connectivity index (χ1n) is 9.41. The van der Waals surface area contributed by atoms with Gasteiger partial charge in [0, 0.05) is 17.8 Å². The maximum atomic E-state index is 12.9. The number of rotatable bonds is 7. The van der Waals surface area contributed by atoms with E-state index in [0.29, 0.717) is 36.5 Å². The number of nitrogens with zero attached hydrogens (tertiary/aromatic N) is 4. The van der Waals surface area contributed by atoms with Crippen LogP contribution in [0.5, 0.6) is 5.75 Å². The Morgan fingerprint density at radius 1 is 1.20 bits per heavy atom. The second-order valence-electron chi connectivity index (χ2n) is 6.92. The van der Waals surface area contributed by atoms with Gasteiger partial charge in [0.05, 0.1) is 6.54 Å². The van der Waals surface area contributed by atoms with Crippen LogP contribution in [0.15, 0.2) is 24.3 Å². The van der Waals surface area contributed by atoms with Crippen LogP contribution in [0.1, 0.15) is 34.8 Å². The van der Waals surface area contributed by atoms with Crippen molar-refractivity contribution in [3.8, 4) is 5.75 Å². The molecule has 1 N–H and O–H groups in total. The highest BCUT2D eigenvalue weighted by Crippen LogP contribution is 2.27. The summed E-state index contributed by atoms with van der Waals surface area (Å²) < 4.78 is 45.2. The van der Waals surface area contributed by atoms with E-state index < -0.39 is 12.0 Å². The van der Waals surface area contributed by atoms with Crippen molar-refractivity contribution in [3.63, 3.8) is 0 Å². The highest BCUT2D eigenvalue weighted by molar-refractivity contribution is 5.76. The number of carbonyl (C=O) groups is 1. The van der Waals surface area contributed by atoms with Crippen molar-refractivity contribution in [3.05, 3.63) is 52.6 Å². The highest BCUT2D eigenvalue weighted by Gasteiger charge is 2.36. The first-order chi connectivity index (χ1) is 14.1. The molecule has 0 aliphatic carbocycles. The van der Waals surface area contributed by atoms with Gasteiger partial charge in [-0.3, -0.25) is 4.79 Å². The number of fused-ring (bicyclic) bond motifs is 1. The van der Waals surface area contributed by atoms with Crippen molar-refractivity contribution in [2.75, 3.05) is 13.2 Å². The van der Waals surface area contributed by atoms with Crippen LogP contribution in [0, 0.1) is 20.8 Å². The van der Waals surface area contributed by atoms with Gasteiger partial charge in [0.15, 0.2) is 0 Å². The fourth-order valence-corrected chi connectivity index (χ4v) is 3.08. The van der Waals surface area contributed by atoms with Crippen LogP contribution in [0.25, 0.3) is 5.78 Å². The molecule has 2 heterocycles. The summed E-state index contributed by atoms with van der Waals surface area (Å²) in [6, 6.07) is 7.61. The molecule has 7 nitrogen and oxygen atoms in total. The lowest BCUT2D eigenvalue weighted by atomic mass is 10.1. The molecule has 0 saturated heterocycles. The summed E-state index contributed by atoms with van der Waals surface area (Å²) in [6.45, 7) is 5.96. The molecule has 3 aromatic rings. The topological polar surface area (TPSA) is 81.4 Å².